The van der Waals surface area contributed by atoms with Crippen LogP contribution < -0.4 is 10.6 Å². The van der Waals surface area contributed by atoms with Gasteiger partial charge < -0.3 is 19.8 Å². The van der Waals surface area contributed by atoms with Crippen molar-refractivity contribution < 1.29 is 9.53 Å². The third kappa shape index (κ3) is 5.56. The molecule has 0 aromatic carbocycles. The topological polar surface area (TPSA) is 67.7 Å². The molecule has 2 aromatic rings. The van der Waals surface area contributed by atoms with Crippen LogP contribution in [0.4, 0.5) is 4.79 Å². The van der Waals surface area contributed by atoms with Crippen molar-refractivity contribution in [2.24, 2.45) is 0 Å². The number of imidazole rings is 1. The number of rotatable bonds is 5. The van der Waals surface area contributed by atoms with Gasteiger partial charge in [0.25, 0.3) is 0 Å². The smallest absolute Gasteiger partial charge is 0.408 e. The summed E-state index contributed by atoms with van der Waals surface area (Å²) in [6.45, 7) is 10.7. The summed E-state index contributed by atoms with van der Waals surface area (Å²) >= 11 is 0. The van der Waals surface area contributed by atoms with Crippen molar-refractivity contribution in [3.8, 4) is 0 Å². The molecule has 0 saturated carbocycles. The molecule has 0 atom stereocenters. The predicted molar refractivity (Wildman–Crippen MR) is 90.3 cm³/mol. The number of fused-ring (bicyclic) bond motifs is 1. The minimum absolute atomic E-state index is 0.406. The zero-order valence-corrected chi connectivity index (χ0v) is 14.5. The summed E-state index contributed by atoms with van der Waals surface area (Å²) in [5, 5.41) is 6.20. The van der Waals surface area contributed by atoms with Crippen LogP contribution in [-0.4, -0.2) is 33.2 Å². The Balaban J connectivity index is 1.83. The highest BCUT2D eigenvalue weighted by Crippen LogP contribution is 2.09. The molecule has 0 aliphatic carbocycles. The quantitative estimate of drug-likeness (QED) is 0.889. The molecule has 2 N–H and O–H groups in total. The van der Waals surface area contributed by atoms with E-state index in [9.17, 15) is 4.79 Å². The molecule has 23 heavy (non-hydrogen) atoms. The van der Waals surface area contributed by atoms with Crippen molar-refractivity contribution in [2.45, 2.75) is 52.3 Å². The summed E-state index contributed by atoms with van der Waals surface area (Å²) in [5.74, 6) is 0. The van der Waals surface area contributed by atoms with Crippen LogP contribution in [0.25, 0.3) is 5.65 Å². The molecular weight excluding hydrogens is 292 g/mol. The summed E-state index contributed by atoms with van der Waals surface area (Å²) in [5.41, 5.74) is 0.978. The number of alkyl carbamates (subject to hydrolysis) is 1. The van der Waals surface area contributed by atoms with E-state index in [1.54, 1.807) is 0 Å². The molecule has 6 nitrogen and oxygen atoms in total. The molecular formula is C17H26N4O2. The standard InChI is InChI=1S/C17H26N4O2/c1-16(2,3)23-15(22)20-17(4,5)12-18-10-13-11-21-9-7-6-8-14(21)19-13/h6-9,11,18H,10,12H2,1-5H3,(H,20,22). The van der Waals surface area contributed by atoms with E-state index in [4.69, 9.17) is 4.74 Å². The Hall–Kier alpha value is -2.08. The maximum atomic E-state index is 11.8. The molecule has 0 spiro atoms. The number of hydrogen-bond acceptors (Lipinski definition) is 4. The van der Waals surface area contributed by atoms with E-state index in [0.717, 1.165) is 11.3 Å². The van der Waals surface area contributed by atoms with Gasteiger partial charge in [-0.25, -0.2) is 9.78 Å². The molecule has 2 aromatic heterocycles. The van der Waals surface area contributed by atoms with Crippen LogP contribution in [0.1, 0.15) is 40.3 Å². The Bertz CT molecular complexity index is 638. The first-order chi connectivity index (χ1) is 10.6. The lowest BCUT2D eigenvalue weighted by Gasteiger charge is -2.28. The first-order valence-electron chi connectivity index (χ1n) is 7.79. The third-order valence-electron chi connectivity index (χ3n) is 3.13. The fourth-order valence-corrected chi connectivity index (χ4v) is 2.20. The Morgan fingerprint density at radius 2 is 2.00 bits per heavy atom. The average Bonchev–Trinajstić information content (AvgIpc) is 2.77. The number of aromatic nitrogens is 2. The Labute approximate surface area is 137 Å². The first kappa shape index (κ1) is 17.3. The molecule has 6 heteroatoms. The number of carbonyl (C=O) groups excluding carboxylic acids is 1. The van der Waals surface area contributed by atoms with E-state index in [1.165, 1.54) is 0 Å². The fourth-order valence-electron chi connectivity index (χ4n) is 2.20. The maximum absolute atomic E-state index is 11.8. The Morgan fingerprint density at radius 1 is 1.26 bits per heavy atom. The lowest BCUT2D eigenvalue weighted by atomic mass is 10.1. The van der Waals surface area contributed by atoms with Crippen LogP contribution in [0.15, 0.2) is 30.6 Å². The van der Waals surface area contributed by atoms with Gasteiger partial charge >= 0.3 is 6.09 Å². The minimum Gasteiger partial charge on any atom is -0.444 e. The SMILES string of the molecule is CC(C)(CNCc1cn2ccccc2n1)NC(=O)OC(C)(C)C. The van der Waals surface area contributed by atoms with Gasteiger partial charge in [0.15, 0.2) is 0 Å². The average molecular weight is 318 g/mol. The highest BCUT2D eigenvalue weighted by Gasteiger charge is 2.24. The van der Waals surface area contributed by atoms with Gasteiger partial charge in [-0.3, -0.25) is 0 Å². The highest BCUT2D eigenvalue weighted by molar-refractivity contribution is 5.68. The predicted octanol–water partition coefficient (Wildman–Crippen LogP) is 2.73. The van der Waals surface area contributed by atoms with E-state index in [2.05, 4.69) is 15.6 Å². The number of hydrogen-bond donors (Lipinski definition) is 2. The van der Waals surface area contributed by atoms with Gasteiger partial charge in [-0.15, -0.1) is 0 Å². The molecule has 0 aliphatic heterocycles. The number of pyridine rings is 1. The van der Waals surface area contributed by atoms with E-state index in [-0.39, 0.29) is 0 Å². The molecule has 2 heterocycles. The maximum Gasteiger partial charge on any atom is 0.408 e. The second-order valence-corrected chi connectivity index (χ2v) is 7.31. The van der Waals surface area contributed by atoms with Gasteiger partial charge in [0.2, 0.25) is 0 Å². The van der Waals surface area contributed by atoms with E-state index in [0.29, 0.717) is 13.1 Å². The Morgan fingerprint density at radius 3 is 2.65 bits per heavy atom. The molecule has 0 aliphatic rings. The first-order valence-corrected chi connectivity index (χ1v) is 7.79. The fraction of sp³-hybridized carbons (Fsp3) is 0.529. The van der Waals surface area contributed by atoms with Crippen molar-refractivity contribution in [1.29, 1.82) is 0 Å². The summed E-state index contributed by atoms with van der Waals surface area (Å²) in [6.07, 6.45) is 3.56. The number of nitrogens with one attached hydrogen (secondary N) is 2. The van der Waals surface area contributed by atoms with Crippen molar-refractivity contribution in [2.75, 3.05) is 6.54 Å². The lowest BCUT2D eigenvalue weighted by molar-refractivity contribution is 0.0472. The van der Waals surface area contributed by atoms with Crippen molar-refractivity contribution >= 4 is 11.7 Å². The van der Waals surface area contributed by atoms with Crippen molar-refractivity contribution in [3.63, 3.8) is 0 Å². The number of nitrogens with zero attached hydrogens (tertiary/aromatic N) is 2. The van der Waals surface area contributed by atoms with Crippen LogP contribution in [0.2, 0.25) is 0 Å². The van der Waals surface area contributed by atoms with Crippen molar-refractivity contribution in [3.05, 3.63) is 36.3 Å². The third-order valence-corrected chi connectivity index (χ3v) is 3.13. The van der Waals surface area contributed by atoms with E-state index < -0.39 is 17.2 Å². The van der Waals surface area contributed by atoms with E-state index >= 15 is 0 Å². The molecule has 1 amide bonds. The Kier molecular flexibility index (Phi) is 4.94. The zero-order valence-electron chi connectivity index (χ0n) is 14.5. The summed E-state index contributed by atoms with van der Waals surface area (Å²) in [7, 11) is 0. The molecule has 0 radical (unpaired) electrons. The summed E-state index contributed by atoms with van der Waals surface area (Å²) in [6, 6.07) is 5.91. The summed E-state index contributed by atoms with van der Waals surface area (Å²) < 4.78 is 7.27. The van der Waals surface area contributed by atoms with Crippen LogP contribution in [0, 0.1) is 0 Å². The molecule has 0 bridgehead atoms. The monoisotopic (exact) mass is 318 g/mol. The lowest BCUT2D eigenvalue weighted by Crippen LogP contribution is -2.51. The number of amides is 1. The zero-order chi connectivity index (χ0) is 17.1. The van der Waals surface area contributed by atoms with E-state index in [1.807, 2.05) is 69.6 Å². The molecule has 0 fully saturated rings. The highest BCUT2D eigenvalue weighted by atomic mass is 16.6. The van der Waals surface area contributed by atoms with Gasteiger partial charge in [-0.1, -0.05) is 6.07 Å². The van der Waals surface area contributed by atoms with Gasteiger partial charge in [0.1, 0.15) is 11.2 Å². The van der Waals surface area contributed by atoms with Crippen LogP contribution in [0.3, 0.4) is 0 Å². The molecule has 0 unspecified atom stereocenters. The van der Waals surface area contributed by atoms with Gasteiger partial charge in [0.05, 0.1) is 11.2 Å². The molecule has 0 saturated heterocycles. The normalized spacial score (nSPS) is 12.4. The largest absolute Gasteiger partial charge is 0.444 e. The minimum atomic E-state index is -0.496. The van der Waals surface area contributed by atoms with Crippen LogP contribution >= 0.6 is 0 Å². The van der Waals surface area contributed by atoms with Gasteiger partial charge in [-0.05, 0) is 46.8 Å². The number of ether oxygens (including phenoxy) is 1. The second-order valence-electron chi connectivity index (χ2n) is 7.31. The van der Waals surface area contributed by atoms with Crippen molar-refractivity contribution in [1.82, 2.24) is 20.0 Å². The molecule has 2 rings (SSSR count). The second kappa shape index (κ2) is 6.58. The molecule has 126 valence electrons. The van der Waals surface area contributed by atoms with Gasteiger partial charge in [-0.2, -0.15) is 0 Å². The van der Waals surface area contributed by atoms with Gasteiger partial charge in [0, 0.05) is 25.5 Å². The number of carbonyl (C=O) groups is 1. The summed E-state index contributed by atoms with van der Waals surface area (Å²) in [4.78, 5) is 16.4. The van der Waals surface area contributed by atoms with Crippen LogP contribution in [0.5, 0.6) is 0 Å². The van der Waals surface area contributed by atoms with Crippen LogP contribution in [-0.2, 0) is 11.3 Å².